The van der Waals surface area contributed by atoms with Crippen molar-refractivity contribution >= 4 is 25.3 Å². The van der Waals surface area contributed by atoms with Gasteiger partial charge in [-0.15, -0.1) is 0 Å². The van der Waals surface area contributed by atoms with Crippen molar-refractivity contribution in [2.24, 2.45) is 0 Å². The molecule has 5 heteroatoms. The lowest BCUT2D eigenvalue weighted by molar-refractivity contribution is 0.163. The van der Waals surface area contributed by atoms with E-state index in [0.29, 0.717) is 5.57 Å². The molecule has 1 saturated heterocycles. The van der Waals surface area contributed by atoms with Gasteiger partial charge < -0.3 is 4.74 Å². The molecule has 0 aromatic heterocycles. The topological polar surface area (TPSA) is 46.6 Å². The van der Waals surface area contributed by atoms with Crippen LogP contribution in [0.1, 0.15) is 5.56 Å². The molecule has 17 heavy (non-hydrogen) atoms. The Kier molecular flexibility index (Phi) is 3.00. The van der Waals surface area contributed by atoms with Crippen LogP contribution in [0.3, 0.4) is 0 Å². The number of hydrogen-bond donors (Lipinski definition) is 0. The molecular formula is C12H12BNO3. The van der Waals surface area contributed by atoms with Crippen molar-refractivity contribution in [3.05, 3.63) is 42.5 Å². The SMILES string of the molecule is BC(=O)N1C(=O)OC[C@@H]1C(=C)c1ccccc1. The van der Waals surface area contributed by atoms with Crippen LogP contribution < -0.4 is 0 Å². The number of carbonyl (C=O) groups excluding carboxylic acids is 2. The van der Waals surface area contributed by atoms with Crippen LogP contribution in [0.25, 0.3) is 5.57 Å². The van der Waals surface area contributed by atoms with Crippen LogP contribution in [-0.2, 0) is 4.74 Å². The molecule has 1 aliphatic rings. The lowest BCUT2D eigenvalue weighted by Gasteiger charge is -2.20. The smallest absolute Gasteiger partial charge is 0.416 e. The zero-order valence-electron chi connectivity index (χ0n) is 9.55. The average Bonchev–Trinajstić information content (AvgIpc) is 2.71. The van der Waals surface area contributed by atoms with Gasteiger partial charge in [-0.05, 0) is 11.1 Å². The van der Waals surface area contributed by atoms with Crippen LogP contribution in [0.5, 0.6) is 0 Å². The van der Waals surface area contributed by atoms with Crippen molar-refractivity contribution in [2.75, 3.05) is 6.61 Å². The normalized spacial score (nSPS) is 18.9. The van der Waals surface area contributed by atoms with Gasteiger partial charge in [0.1, 0.15) is 12.6 Å². The summed E-state index contributed by atoms with van der Waals surface area (Å²) in [4.78, 5) is 23.9. The number of rotatable bonds is 2. The molecule has 1 fully saturated rings. The summed E-state index contributed by atoms with van der Waals surface area (Å²) in [5.41, 5.74) is 1.62. The molecule has 0 spiro atoms. The van der Waals surface area contributed by atoms with Crippen molar-refractivity contribution in [2.45, 2.75) is 6.04 Å². The van der Waals surface area contributed by atoms with Gasteiger partial charge in [0.2, 0.25) is 7.85 Å². The van der Waals surface area contributed by atoms with E-state index >= 15 is 0 Å². The Hall–Kier alpha value is -2.04. The molecule has 0 unspecified atom stereocenters. The maximum Gasteiger partial charge on any atom is 0.416 e. The lowest BCUT2D eigenvalue weighted by atomic mass is 9.98. The van der Waals surface area contributed by atoms with Crippen molar-refractivity contribution in [3.8, 4) is 0 Å². The predicted octanol–water partition coefficient (Wildman–Crippen LogP) is 1.27. The first-order valence-electron chi connectivity index (χ1n) is 5.32. The number of imide groups is 1. The Balaban J connectivity index is 2.26. The van der Waals surface area contributed by atoms with E-state index < -0.39 is 12.1 Å². The number of benzene rings is 1. The van der Waals surface area contributed by atoms with E-state index in [1.807, 2.05) is 30.3 Å². The molecule has 0 N–H and O–H groups in total. The van der Waals surface area contributed by atoms with Gasteiger partial charge in [-0.3, -0.25) is 4.79 Å². The first kappa shape index (κ1) is 11.5. The van der Waals surface area contributed by atoms with Gasteiger partial charge in [0.05, 0.1) is 0 Å². The van der Waals surface area contributed by atoms with E-state index in [1.165, 1.54) is 7.85 Å². The summed E-state index contributed by atoms with van der Waals surface area (Å²) in [5, 5.41) is 0. The molecule has 4 nitrogen and oxygen atoms in total. The van der Waals surface area contributed by atoms with E-state index in [-0.39, 0.29) is 12.4 Å². The van der Waals surface area contributed by atoms with Crippen LogP contribution in [0, 0.1) is 0 Å². The average molecular weight is 229 g/mol. The summed E-state index contributed by atoms with van der Waals surface area (Å²) < 4.78 is 4.89. The highest BCUT2D eigenvalue weighted by atomic mass is 16.6. The third-order valence-electron chi connectivity index (χ3n) is 2.76. The molecule has 2 amide bonds. The van der Waals surface area contributed by atoms with Gasteiger partial charge >= 0.3 is 6.09 Å². The molecular weight excluding hydrogens is 217 g/mol. The second kappa shape index (κ2) is 4.45. The first-order valence-corrected chi connectivity index (χ1v) is 5.32. The van der Waals surface area contributed by atoms with Crippen LogP contribution in [0.4, 0.5) is 9.59 Å². The van der Waals surface area contributed by atoms with E-state index in [2.05, 4.69) is 6.58 Å². The highest BCUT2D eigenvalue weighted by Gasteiger charge is 2.37. The van der Waals surface area contributed by atoms with Gasteiger partial charge in [-0.2, -0.15) is 0 Å². The standard InChI is InChI=1S/C12H12BNO3/c1-8(9-5-3-2-4-6-9)10-7-17-12(16)14(10)11(13)15/h2-6,10H,1,7,13H2/t10-/m1/s1. The van der Waals surface area contributed by atoms with E-state index in [0.717, 1.165) is 10.5 Å². The largest absolute Gasteiger partial charge is 0.447 e. The molecule has 1 atom stereocenters. The molecule has 86 valence electrons. The Bertz CT molecular complexity index is 472. The fourth-order valence-electron chi connectivity index (χ4n) is 1.87. The Morgan fingerprint density at radius 3 is 2.65 bits per heavy atom. The minimum absolute atomic E-state index is 0.173. The Labute approximate surface area is 100 Å². The summed E-state index contributed by atoms with van der Waals surface area (Å²) in [6.45, 7) is 4.12. The fourth-order valence-corrected chi connectivity index (χ4v) is 1.87. The maximum atomic E-state index is 11.4. The number of ether oxygens (including phenoxy) is 1. The quantitative estimate of drug-likeness (QED) is 0.717. The molecule has 1 aromatic rings. The summed E-state index contributed by atoms with van der Waals surface area (Å²) in [5.74, 6) is -0.324. The highest BCUT2D eigenvalue weighted by molar-refractivity contribution is 6.58. The van der Waals surface area contributed by atoms with Crippen molar-refractivity contribution in [3.63, 3.8) is 0 Å². The molecule has 0 aliphatic carbocycles. The molecule has 1 heterocycles. The zero-order chi connectivity index (χ0) is 12.4. The maximum absolute atomic E-state index is 11.4. The molecule has 1 aliphatic heterocycles. The number of amides is 2. The monoisotopic (exact) mass is 229 g/mol. The summed E-state index contributed by atoms with van der Waals surface area (Å²) in [6, 6.07) is 9.05. The highest BCUT2D eigenvalue weighted by Crippen LogP contribution is 2.25. The Morgan fingerprint density at radius 2 is 2.06 bits per heavy atom. The molecule has 2 rings (SSSR count). The Morgan fingerprint density at radius 1 is 1.41 bits per heavy atom. The first-order chi connectivity index (χ1) is 8.11. The van der Waals surface area contributed by atoms with Gasteiger partial charge in [-0.1, -0.05) is 36.9 Å². The minimum Gasteiger partial charge on any atom is -0.447 e. The number of nitrogens with zero attached hydrogens (tertiary/aromatic N) is 1. The van der Waals surface area contributed by atoms with Gasteiger partial charge in [0, 0.05) is 0 Å². The second-order valence-corrected chi connectivity index (χ2v) is 3.87. The number of carbonyl (C=O) groups is 2. The van der Waals surface area contributed by atoms with Gasteiger partial charge in [0.15, 0.2) is 5.81 Å². The van der Waals surface area contributed by atoms with Gasteiger partial charge in [-0.25, -0.2) is 9.69 Å². The third kappa shape index (κ3) is 2.09. The predicted molar refractivity (Wildman–Crippen MR) is 66.4 cm³/mol. The van der Waals surface area contributed by atoms with Crippen LogP contribution in [0.2, 0.25) is 0 Å². The lowest BCUT2D eigenvalue weighted by Crippen LogP contribution is -2.38. The van der Waals surface area contributed by atoms with E-state index in [9.17, 15) is 9.59 Å². The summed E-state index contributed by atoms with van der Waals surface area (Å²) in [6.07, 6.45) is -0.598. The molecule has 0 radical (unpaired) electrons. The van der Waals surface area contributed by atoms with Crippen LogP contribution >= 0.6 is 0 Å². The van der Waals surface area contributed by atoms with E-state index in [4.69, 9.17) is 4.74 Å². The van der Waals surface area contributed by atoms with Crippen LogP contribution in [0.15, 0.2) is 36.9 Å². The summed E-state index contributed by atoms with van der Waals surface area (Å²) >= 11 is 0. The number of cyclic esters (lactones) is 1. The molecule has 1 aromatic carbocycles. The van der Waals surface area contributed by atoms with Gasteiger partial charge in [0.25, 0.3) is 0 Å². The minimum atomic E-state index is -0.598. The van der Waals surface area contributed by atoms with Crippen molar-refractivity contribution < 1.29 is 14.3 Å². The molecule has 0 bridgehead atoms. The van der Waals surface area contributed by atoms with Crippen molar-refractivity contribution in [1.82, 2.24) is 4.90 Å². The summed E-state index contributed by atoms with van der Waals surface area (Å²) in [7, 11) is 1.35. The fraction of sp³-hybridized carbons (Fsp3) is 0.167. The third-order valence-corrected chi connectivity index (χ3v) is 2.76. The van der Waals surface area contributed by atoms with Crippen molar-refractivity contribution in [1.29, 1.82) is 0 Å². The second-order valence-electron chi connectivity index (χ2n) is 3.87. The van der Waals surface area contributed by atoms with E-state index in [1.54, 1.807) is 0 Å². The zero-order valence-corrected chi connectivity index (χ0v) is 9.55. The number of hydrogen-bond acceptors (Lipinski definition) is 3. The van der Waals surface area contributed by atoms with Crippen LogP contribution in [-0.4, -0.2) is 37.3 Å². The molecule has 0 saturated carbocycles.